The number of alkyl halides is 3. The van der Waals surface area contributed by atoms with Crippen LogP contribution in [0.2, 0.25) is 0 Å². The van der Waals surface area contributed by atoms with Gasteiger partial charge >= 0.3 is 6.36 Å². The number of nitrogens with zero attached hydrogens (tertiary/aromatic N) is 1. The molecule has 0 aliphatic carbocycles. The van der Waals surface area contributed by atoms with Crippen LogP contribution in [-0.4, -0.2) is 35.5 Å². The van der Waals surface area contributed by atoms with E-state index >= 15 is 0 Å². The lowest BCUT2D eigenvalue weighted by Crippen LogP contribution is -2.44. The fraction of sp³-hybridized carbons (Fsp3) is 1.00. The average Bonchev–Trinajstić information content (AvgIpc) is 2.25. The van der Waals surface area contributed by atoms with Crippen LogP contribution in [0, 0.1) is 0 Å². The summed E-state index contributed by atoms with van der Waals surface area (Å²) in [7, 11) is 0. The van der Waals surface area contributed by atoms with Gasteiger partial charge < -0.3 is 0 Å². The monoisotopic (exact) mass is 225 g/mol. The van der Waals surface area contributed by atoms with Crippen molar-refractivity contribution in [3.05, 3.63) is 0 Å². The standard InChI is InChI=1S/C10H18F3NO/c1-7-5-8(15-10(11,12)13)6-14(7)9(2,3)4/h7-8H,5-6H2,1-4H3. The second-order valence-corrected chi connectivity index (χ2v) is 5.09. The highest BCUT2D eigenvalue weighted by Gasteiger charge is 2.41. The van der Waals surface area contributed by atoms with Crippen molar-refractivity contribution in [1.82, 2.24) is 4.90 Å². The van der Waals surface area contributed by atoms with Gasteiger partial charge in [0.25, 0.3) is 0 Å². The lowest BCUT2D eigenvalue weighted by atomic mass is 10.1. The Morgan fingerprint density at radius 3 is 2.07 bits per heavy atom. The number of likely N-dealkylation sites (tertiary alicyclic amines) is 1. The zero-order valence-electron chi connectivity index (χ0n) is 9.56. The van der Waals surface area contributed by atoms with Crippen molar-refractivity contribution < 1.29 is 17.9 Å². The first-order chi connectivity index (χ1) is 6.59. The summed E-state index contributed by atoms with van der Waals surface area (Å²) in [5.41, 5.74) is -0.108. The molecule has 0 saturated carbocycles. The molecule has 0 spiro atoms. The van der Waals surface area contributed by atoms with Crippen molar-refractivity contribution in [2.24, 2.45) is 0 Å². The van der Waals surface area contributed by atoms with Crippen LogP contribution in [0.1, 0.15) is 34.1 Å². The maximum atomic E-state index is 12.0. The van der Waals surface area contributed by atoms with E-state index in [9.17, 15) is 13.2 Å². The highest BCUT2D eigenvalue weighted by Crippen LogP contribution is 2.31. The van der Waals surface area contributed by atoms with E-state index in [-0.39, 0.29) is 11.6 Å². The Hall–Kier alpha value is -0.290. The second kappa shape index (κ2) is 3.94. The Morgan fingerprint density at radius 2 is 1.73 bits per heavy atom. The predicted molar refractivity (Wildman–Crippen MR) is 51.5 cm³/mol. The Morgan fingerprint density at radius 1 is 1.20 bits per heavy atom. The molecule has 90 valence electrons. The molecule has 2 unspecified atom stereocenters. The van der Waals surface area contributed by atoms with Gasteiger partial charge in [0.05, 0.1) is 6.10 Å². The maximum Gasteiger partial charge on any atom is 0.522 e. The van der Waals surface area contributed by atoms with Gasteiger partial charge in [-0.2, -0.15) is 0 Å². The van der Waals surface area contributed by atoms with Crippen LogP contribution in [0.4, 0.5) is 13.2 Å². The molecule has 0 bridgehead atoms. The van der Waals surface area contributed by atoms with Gasteiger partial charge in [-0.1, -0.05) is 0 Å². The summed E-state index contributed by atoms with van der Waals surface area (Å²) in [4.78, 5) is 2.05. The molecule has 1 rings (SSSR count). The van der Waals surface area contributed by atoms with E-state index < -0.39 is 12.5 Å². The topological polar surface area (TPSA) is 12.5 Å². The predicted octanol–water partition coefficient (Wildman–Crippen LogP) is 2.78. The molecule has 0 amide bonds. The zero-order chi connectivity index (χ0) is 11.9. The molecule has 1 fully saturated rings. The lowest BCUT2D eigenvalue weighted by Gasteiger charge is -2.35. The molecule has 15 heavy (non-hydrogen) atoms. The first-order valence-corrected chi connectivity index (χ1v) is 5.11. The quantitative estimate of drug-likeness (QED) is 0.680. The van der Waals surface area contributed by atoms with Crippen LogP contribution in [0.15, 0.2) is 0 Å². The Kier molecular flexibility index (Phi) is 3.36. The normalized spacial score (nSPS) is 29.8. The molecule has 0 N–H and O–H groups in total. The van der Waals surface area contributed by atoms with E-state index in [2.05, 4.69) is 4.74 Å². The van der Waals surface area contributed by atoms with E-state index in [0.717, 1.165) is 0 Å². The molecule has 0 aromatic carbocycles. The Balaban J connectivity index is 2.57. The summed E-state index contributed by atoms with van der Waals surface area (Å²) in [5.74, 6) is 0. The molecule has 1 heterocycles. The Labute approximate surface area is 88.4 Å². The van der Waals surface area contributed by atoms with Gasteiger partial charge in [-0.3, -0.25) is 9.64 Å². The van der Waals surface area contributed by atoms with Gasteiger partial charge in [0.15, 0.2) is 0 Å². The molecule has 1 aliphatic heterocycles. The first-order valence-electron chi connectivity index (χ1n) is 5.11. The minimum atomic E-state index is -4.52. The van der Waals surface area contributed by atoms with Crippen LogP contribution in [-0.2, 0) is 4.74 Å². The Bertz CT molecular complexity index is 222. The summed E-state index contributed by atoms with van der Waals surface area (Å²) < 4.78 is 40.1. The first kappa shape index (κ1) is 12.8. The van der Waals surface area contributed by atoms with Crippen LogP contribution in [0.5, 0.6) is 0 Å². The molecule has 2 nitrogen and oxygen atoms in total. The highest BCUT2D eigenvalue weighted by atomic mass is 19.4. The lowest BCUT2D eigenvalue weighted by molar-refractivity contribution is -0.340. The van der Waals surface area contributed by atoms with Crippen molar-refractivity contribution in [2.75, 3.05) is 6.54 Å². The fourth-order valence-electron chi connectivity index (χ4n) is 2.19. The van der Waals surface area contributed by atoms with Crippen LogP contribution < -0.4 is 0 Å². The number of halogens is 3. The minimum absolute atomic E-state index is 0.108. The van der Waals surface area contributed by atoms with Gasteiger partial charge in [-0.25, -0.2) is 0 Å². The third kappa shape index (κ3) is 3.65. The van der Waals surface area contributed by atoms with Gasteiger partial charge in [-0.15, -0.1) is 13.2 Å². The molecule has 0 radical (unpaired) electrons. The average molecular weight is 225 g/mol. The number of ether oxygens (including phenoxy) is 1. The second-order valence-electron chi connectivity index (χ2n) is 5.09. The van der Waals surface area contributed by atoms with Crippen molar-refractivity contribution >= 4 is 0 Å². The molecular formula is C10H18F3NO. The molecule has 0 aromatic heterocycles. The molecule has 0 aromatic rings. The SMILES string of the molecule is CC1CC(OC(F)(F)F)CN1C(C)(C)C. The number of rotatable bonds is 1. The third-order valence-corrected chi connectivity index (χ3v) is 2.70. The van der Waals surface area contributed by atoms with E-state index in [4.69, 9.17) is 0 Å². The maximum absolute atomic E-state index is 12.0. The van der Waals surface area contributed by atoms with Crippen molar-refractivity contribution in [3.8, 4) is 0 Å². The summed E-state index contributed by atoms with van der Waals surface area (Å²) >= 11 is 0. The summed E-state index contributed by atoms with van der Waals surface area (Å²) in [6, 6.07) is 0.136. The van der Waals surface area contributed by atoms with E-state index in [1.165, 1.54) is 0 Å². The van der Waals surface area contributed by atoms with Crippen molar-refractivity contribution in [1.29, 1.82) is 0 Å². The van der Waals surface area contributed by atoms with Crippen LogP contribution >= 0.6 is 0 Å². The molecular weight excluding hydrogens is 207 g/mol. The van der Waals surface area contributed by atoms with Crippen molar-refractivity contribution in [2.45, 2.75) is 58.2 Å². The molecule has 1 aliphatic rings. The molecule has 2 atom stereocenters. The zero-order valence-corrected chi connectivity index (χ0v) is 9.56. The molecule has 5 heteroatoms. The van der Waals surface area contributed by atoms with Crippen LogP contribution in [0.25, 0.3) is 0 Å². The summed E-state index contributed by atoms with van der Waals surface area (Å²) in [6.07, 6.45) is -4.80. The van der Waals surface area contributed by atoms with Gasteiger partial charge in [-0.05, 0) is 34.1 Å². The van der Waals surface area contributed by atoms with E-state index in [1.807, 2.05) is 32.6 Å². The highest BCUT2D eigenvalue weighted by molar-refractivity contribution is 4.90. The number of hydrogen-bond donors (Lipinski definition) is 0. The summed E-state index contributed by atoms with van der Waals surface area (Å²) in [6.45, 7) is 8.29. The minimum Gasteiger partial charge on any atom is -0.293 e. The smallest absolute Gasteiger partial charge is 0.293 e. The molecule has 1 saturated heterocycles. The van der Waals surface area contributed by atoms with Crippen LogP contribution in [0.3, 0.4) is 0 Å². The third-order valence-electron chi connectivity index (χ3n) is 2.70. The van der Waals surface area contributed by atoms with Gasteiger partial charge in [0.2, 0.25) is 0 Å². The largest absolute Gasteiger partial charge is 0.522 e. The fourth-order valence-corrected chi connectivity index (χ4v) is 2.19. The van der Waals surface area contributed by atoms with Crippen molar-refractivity contribution in [3.63, 3.8) is 0 Å². The van der Waals surface area contributed by atoms with Gasteiger partial charge in [0, 0.05) is 18.1 Å². The van der Waals surface area contributed by atoms with E-state index in [1.54, 1.807) is 0 Å². The number of hydrogen-bond acceptors (Lipinski definition) is 2. The summed E-state index contributed by atoms with van der Waals surface area (Å²) in [5, 5.41) is 0. The van der Waals surface area contributed by atoms with Gasteiger partial charge in [0.1, 0.15) is 0 Å². The van der Waals surface area contributed by atoms with E-state index in [0.29, 0.717) is 13.0 Å².